The standard InChI is InChI=1S/C27H36FN3O5S/c1-20(27(33)29-23-9-4-5-10-23)30(19-21-14-16-22(28)17-15-21)26(32)13-8-18-31(37(3,34)35)24-11-6-7-12-25(24)36-2/h6-7,11-12,14-17,20,23H,4-5,8-10,13,18-19H2,1-3H3,(H,29,33). The van der Waals surface area contributed by atoms with Crippen molar-refractivity contribution >= 4 is 27.5 Å². The lowest BCUT2D eigenvalue weighted by atomic mass is 10.1. The molecule has 0 bridgehead atoms. The van der Waals surface area contributed by atoms with Crippen LogP contribution in [0.5, 0.6) is 5.75 Å². The highest BCUT2D eigenvalue weighted by Crippen LogP contribution is 2.30. The number of carbonyl (C=O) groups is 2. The fourth-order valence-corrected chi connectivity index (χ4v) is 5.55. The van der Waals surface area contributed by atoms with Crippen molar-refractivity contribution in [3.05, 3.63) is 59.9 Å². The molecular weight excluding hydrogens is 497 g/mol. The Morgan fingerprint density at radius 2 is 1.76 bits per heavy atom. The molecule has 1 aliphatic carbocycles. The summed E-state index contributed by atoms with van der Waals surface area (Å²) in [6, 6.07) is 12.0. The summed E-state index contributed by atoms with van der Waals surface area (Å²) in [5.41, 5.74) is 1.09. The van der Waals surface area contributed by atoms with E-state index >= 15 is 0 Å². The van der Waals surface area contributed by atoms with Crippen molar-refractivity contribution in [2.45, 2.75) is 64.1 Å². The van der Waals surface area contributed by atoms with Crippen LogP contribution in [0.4, 0.5) is 10.1 Å². The number of nitrogens with zero attached hydrogens (tertiary/aromatic N) is 2. The molecule has 0 radical (unpaired) electrons. The third kappa shape index (κ3) is 7.92. The lowest BCUT2D eigenvalue weighted by Crippen LogP contribution is -2.49. The van der Waals surface area contributed by atoms with Gasteiger partial charge in [0.1, 0.15) is 17.6 Å². The SMILES string of the molecule is COc1ccccc1N(CCCC(=O)N(Cc1ccc(F)cc1)C(C)C(=O)NC1CCCC1)S(C)(=O)=O. The third-order valence-electron chi connectivity index (χ3n) is 6.64. The van der Waals surface area contributed by atoms with Gasteiger partial charge >= 0.3 is 0 Å². The summed E-state index contributed by atoms with van der Waals surface area (Å²) in [4.78, 5) is 27.8. The van der Waals surface area contributed by atoms with E-state index in [2.05, 4.69) is 5.32 Å². The molecule has 2 aromatic rings. The second-order valence-corrected chi connectivity index (χ2v) is 11.3. The number of sulfonamides is 1. The van der Waals surface area contributed by atoms with Gasteiger partial charge in [0.05, 0.1) is 19.1 Å². The van der Waals surface area contributed by atoms with Gasteiger partial charge in [-0.15, -0.1) is 0 Å². The second-order valence-electron chi connectivity index (χ2n) is 9.42. The maximum atomic E-state index is 13.4. The van der Waals surface area contributed by atoms with Crippen LogP contribution < -0.4 is 14.4 Å². The largest absolute Gasteiger partial charge is 0.495 e. The molecule has 1 fully saturated rings. The predicted molar refractivity (Wildman–Crippen MR) is 141 cm³/mol. The third-order valence-corrected chi connectivity index (χ3v) is 7.82. The second kappa shape index (κ2) is 12.9. The van der Waals surface area contributed by atoms with Crippen LogP contribution >= 0.6 is 0 Å². The normalized spacial score (nSPS) is 14.7. The van der Waals surface area contributed by atoms with E-state index in [1.54, 1.807) is 43.3 Å². The molecule has 1 aliphatic rings. The lowest BCUT2D eigenvalue weighted by Gasteiger charge is -2.30. The molecule has 0 aliphatic heterocycles. The molecule has 8 nitrogen and oxygen atoms in total. The van der Waals surface area contributed by atoms with Gasteiger partial charge in [0, 0.05) is 25.6 Å². The predicted octanol–water partition coefficient (Wildman–Crippen LogP) is 3.86. The average molecular weight is 534 g/mol. The number of methoxy groups -OCH3 is 1. The first-order chi connectivity index (χ1) is 17.6. The fraction of sp³-hybridized carbons (Fsp3) is 0.481. The van der Waals surface area contributed by atoms with E-state index in [1.807, 2.05) is 0 Å². The Hall–Kier alpha value is -3.14. The van der Waals surface area contributed by atoms with Gasteiger partial charge in [-0.1, -0.05) is 37.1 Å². The molecule has 0 saturated heterocycles. The van der Waals surface area contributed by atoms with E-state index in [0.29, 0.717) is 17.0 Å². The van der Waals surface area contributed by atoms with Gasteiger partial charge in [0.15, 0.2) is 0 Å². The topological polar surface area (TPSA) is 96.0 Å². The van der Waals surface area contributed by atoms with Gasteiger partial charge in [-0.3, -0.25) is 13.9 Å². The van der Waals surface area contributed by atoms with Crippen molar-refractivity contribution in [2.24, 2.45) is 0 Å². The quantitative estimate of drug-likeness (QED) is 0.447. The summed E-state index contributed by atoms with van der Waals surface area (Å²) < 4.78 is 45.0. The highest BCUT2D eigenvalue weighted by molar-refractivity contribution is 7.92. The van der Waals surface area contributed by atoms with Gasteiger partial charge in [-0.2, -0.15) is 0 Å². The molecule has 2 amide bonds. The summed E-state index contributed by atoms with van der Waals surface area (Å²) in [5.74, 6) is -0.485. The Morgan fingerprint density at radius 1 is 1.11 bits per heavy atom. The molecule has 1 unspecified atom stereocenters. The molecule has 2 aromatic carbocycles. The van der Waals surface area contributed by atoms with E-state index in [-0.39, 0.29) is 49.6 Å². The van der Waals surface area contributed by atoms with Crippen LogP contribution in [0.15, 0.2) is 48.5 Å². The summed E-state index contributed by atoms with van der Waals surface area (Å²) in [5, 5.41) is 3.04. The van der Waals surface area contributed by atoms with Crippen LogP contribution in [-0.4, -0.2) is 57.1 Å². The number of amides is 2. The zero-order chi connectivity index (χ0) is 27.0. The molecule has 10 heteroatoms. The first-order valence-corrected chi connectivity index (χ1v) is 14.4. The molecule has 202 valence electrons. The van der Waals surface area contributed by atoms with E-state index in [4.69, 9.17) is 4.74 Å². The average Bonchev–Trinajstić information content (AvgIpc) is 3.38. The molecule has 0 heterocycles. The molecule has 1 N–H and O–H groups in total. The molecular formula is C27H36FN3O5S. The highest BCUT2D eigenvalue weighted by atomic mass is 32.2. The molecule has 3 rings (SSSR count). The fourth-order valence-electron chi connectivity index (χ4n) is 4.58. The van der Waals surface area contributed by atoms with Gasteiger partial charge < -0.3 is 15.0 Å². The van der Waals surface area contributed by atoms with Gasteiger partial charge in [0.2, 0.25) is 21.8 Å². The van der Waals surface area contributed by atoms with E-state index in [0.717, 1.165) is 31.9 Å². The van der Waals surface area contributed by atoms with Gasteiger partial charge in [0.25, 0.3) is 0 Å². The van der Waals surface area contributed by atoms with Crippen LogP contribution in [-0.2, 0) is 26.2 Å². The molecule has 1 saturated carbocycles. The summed E-state index contributed by atoms with van der Waals surface area (Å²) in [7, 11) is -2.17. The summed E-state index contributed by atoms with van der Waals surface area (Å²) >= 11 is 0. The number of carbonyl (C=O) groups excluding carboxylic acids is 2. The lowest BCUT2D eigenvalue weighted by molar-refractivity contribution is -0.141. The van der Waals surface area contributed by atoms with Crippen molar-refractivity contribution < 1.29 is 27.1 Å². The van der Waals surface area contributed by atoms with E-state index in [9.17, 15) is 22.4 Å². The molecule has 1 atom stereocenters. The Labute approximate surface area is 218 Å². The zero-order valence-electron chi connectivity index (χ0n) is 21.7. The van der Waals surface area contributed by atoms with E-state index in [1.165, 1.54) is 28.4 Å². The number of halogens is 1. The first-order valence-electron chi connectivity index (χ1n) is 12.5. The number of anilines is 1. The van der Waals surface area contributed by atoms with Crippen LogP contribution in [0, 0.1) is 5.82 Å². The minimum absolute atomic E-state index is 0.0312. The Balaban J connectivity index is 1.73. The van der Waals surface area contributed by atoms with Gasteiger partial charge in [-0.05, 0) is 56.0 Å². The smallest absolute Gasteiger partial charge is 0.242 e. The van der Waals surface area contributed by atoms with Crippen molar-refractivity contribution in [3.63, 3.8) is 0 Å². The van der Waals surface area contributed by atoms with Gasteiger partial charge in [-0.25, -0.2) is 12.8 Å². The minimum Gasteiger partial charge on any atom is -0.495 e. The van der Waals surface area contributed by atoms with Crippen LogP contribution in [0.2, 0.25) is 0 Å². The van der Waals surface area contributed by atoms with E-state index < -0.39 is 16.1 Å². The molecule has 37 heavy (non-hydrogen) atoms. The first kappa shape index (κ1) is 28.4. The zero-order valence-corrected chi connectivity index (χ0v) is 22.5. The summed E-state index contributed by atoms with van der Waals surface area (Å²) in [6.45, 7) is 1.89. The number of benzene rings is 2. The van der Waals surface area contributed by atoms with Crippen molar-refractivity contribution in [2.75, 3.05) is 24.2 Å². The Bertz CT molecular complexity index is 1170. The van der Waals surface area contributed by atoms with Crippen molar-refractivity contribution in [1.29, 1.82) is 0 Å². The molecule has 0 spiro atoms. The Kier molecular flexibility index (Phi) is 9.91. The number of para-hydroxylation sites is 2. The number of hydrogen-bond acceptors (Lipinski definition) is 5. The van der Waals surface area contributed by atoms with Crippen molar-refractivity contribution in [3.8, 4) is 5.75 Å². The maximum Gasteiger partial charge on any atom is 0.242 e. The van der Waals surface area contributed by atoms with Crippen LogP contribution in [0.25, 0.3) is 0 Å². The summed E-state index contributed by atoms with van der Waals surface area (Å²) in [6.07, 6.45) is 5.37. The number of ether oxygens (including phenoxy) is 1. The molecule has 0 aromatic heterocycles. The van der Waals surface area contributed by atoms with Crippen LogP contribution in [0.1, 0.15) is 51.0 Å². The maximum absolute atomic E-state index is 13.4. The van der Waals surface area contributed by atoms with Crippen molar-refractivity contribution in [1.82, 2.24) is 10.2 Å². The number of rotatable bonds is 12. The minimum atomic E-state index is -3.64. The highest BCUT2D eigenvalue weighted by Gasteiger charge is 2.29. The number of hydrogen-bond donors (Lipinski definition) is 1. The number of nitrogens with one attached hydrogen (secondary N) is 1. The Morgan fingerprint density at radius 3 is 2.38 bits per heavy atom. The monoisotopic (exact) mass is 533 g/mol. The van der Waals surface area contributed by atoms with Crippen LogP contribution in [0.3, 0.4) is 0 Å².